The summed E-state index contributed by atoms with van der Waals surface area (Å²) >= 11 is 10.2. The molecule has 190 valence electrons. The van der Waals surface area contributed by atoms with Crippen molar-refractivity contribution in [2.45, 2.75) is 19.8 Å². The molecule has 0 spiro atoms. The predicted molar refractivity (Wildman–Crippen MR) is 146 cm³/mol. The number of hydrogen-bond donors (Lipinski definition) is 6. The summed E-state index contributed by atoms with van der Waals surface area (Å²) in [5.74, 6) is -0.268. The van der Waals surface area contributed by atoms with Crippen molar-refractivity contribution in [3.8, 4) is 0 Å². The fourth-order valence-electron chi connectivity index (χ4n) is 3.24. The van der Waals surface area contributed by atoms with Crippen LogP contribution in [0.2, 0.25) is 5.02 Å². The van der Waals surface area contributed by atoms with Gasteiger partial charge in [-0.25, -0.2) is 9.37 Å². The molecule has 1 heterocycles. The van der Waals surface area contributed by atoms with Gasteiger partial charge in [-0.15, -0.1) is 12.6 Å². The van der Waals surface area contributed by atoms with Gasteiger partial charge in [-0.3, -0.25) is 4.79 Å². The Bertz CT molecular complexity index is 1060. The van der Waals surface area contributed by atoms with Crippen LogP contribution in [0.3, 0.4) is 0 Å². The Hall–Kier alpha value is -2.79. The van der Waals surface area contributed by atoms with Crippen LogP contribution in [0.15, 0.2) is 53.3 Å². The minimum absolute atomic E-state index is 0.113. The number of pyridine rings is 1. The zero-order valence-electron chi connectivity index (χ0n) is 19.9. The van der Waals surface area contributed by atoms with Gasteiger partial charge in [0.1, 0.15) is 11.6 Å². The van der Waals surface area contributed by atoms with Gasteiger partial charge < -0.3 is 32.3 Å². The van der Waals surface area contributed by atoms with Crippen LogP contribution >= 0.6 is 24.2 Å². The number of likely N-dealkylation sites (N-methyl/N-ethyl adjacent to an activating group) is 1. The smallest absolute Gasteiger partial charge is 0.226 e. The molecule has 2 rings (SSSR count). The van der Waals surface area contributed by atoms with Crippen molar-refractivity contribution in [3.63, 3.8) is 0 Å². The molecule has 0 atom stereocenters. The first-order chi connectivity index (χ1) is 16.7. The molecule has 0 aliphatic rings. The Morgan fingerprint density at radius 3 is 2.66 bits per heavy atom. The Morgan fingerprint density at radius 1 is 1.20 bits per heavy atom. The number of carbonyl (C=O) groups is 1. The summed E-state index contributed by atoms with van der Waals surface area (Å²) < 4.78 is 14.2. The van der Waals surface area contributed by atoms with Crippen LogP contribution in [0, 0.1) is 5.82 Å². The van der Waals surface area contributed by atoms with E-state index in [9.17, 15) is 9.18 Å². The van der Waals surface area contributed by atoms with E-state index in [1.165, 1.54) is 24.3 Å². The Kier molecular flexibility index (Phi) is 11.8. The second-order valence-electron chi connectivity index (χ2n) is 7.82. The Labute approximate surface area is 216 Å². The molecule has 0 radical (unpaired) electrons. The van der Waals surface area contributed by atoms with Crippen molar-refractivity contribution in [3.05, 3.63) is 69.7 Å². The first-order valence-electron chi connectivity index (χ1n) is 11.2. The number of amides is 1. The van der Waals surface area contributed by atoms with Crippen LogP contribution in [-0.2, 0) is 4.79 Å². The van der Waals surface area contributed by atoms with E-state index in [4.69, 9.17) is 23.1 Å². The van der Waals surface area contributed by atoms with Crippen LogP contribution in [0.4, 0.5) is 15.9 Å². The molecule has 35 heavy (non-hydrogen) atoms. The number of allylic oxidation sites excluding steroid dienone is 1. The van der Waals surface area contributed by atoms with Gasteiger partial charge in [-0.05, 0) is 50.4 Å². The maximum Gasteiger partial charge on any atom is 0.226 e. The first kappa shape index (κ1) is 28.4. The number of benzene rings is 1. The number of aromatic nitrogens is 1. The summed E-state index contributed by atoms with van der Waals surface area (Å²) in [6.07, 6.45) is 4.38. The molecule has 0 bridgehead atoms. The van der Waals surface area contributed by atoms with Gasteiger partial charge in [0.25, 0.3) is 0 Å². The van der Waals surface area contributed by atoms with E-state index in [1.54, 1.807) is 18.3 Å². The molecule has 0 aliphatic carbocycles. The maximum atomic E-state index is 14.2. The van der Waals surface area contributed by atoms with Crippen molar-refractivity contribution < 1.29 is 9.18 Å². The van der Waals surface area contributed by atoms with Crippen molar-refractivity contribution >= 4 is 47.3 Å². The molecule has 0 unspecified atom stereocenters. The lowest BCUT2D eigenvalue weighted by atomic mass is 10.1. The van der Waals surface area contributed by atoms with Gasteiger partial charge in [0.15, 0.2) is 0 Å². The predicted octanol–water partition coefficient (Wildman–Crippen LogP) is 3.60. The lowest BCUT2D eigenvalue weighted by molar-refractivity contribution is -0.116. The average Bonchev–Trinajstić information content (AvgIpc) is 2.82. The molecule has 1 aromatic heterocycles. The Balaban J connectivity index is 2.07. The van der Waals surface area contributed by atoms with E-state index in [1.807, 2.05) is 7.05 Å². The highest BCUT2D eigenvalue weighted by atomic mass is 35.5. The fraction of sp³-hybridized carbons (Fsp3) is 0.333. The lowest BCUT2D eigenvalue weighted by Gasteiger charge is -2.21. The monoisotopic (exact) mass is 521 g/mol. The molecular formula is C24H33ClFN7OS. The normalized spacial score (nSPS) is 12.5. The minimum atomic E-state index is -0.516. The molecule has 11 heteroatoms. The highest BCUT2D eigenvalue weighted by Crippen LogP contribution is 2.22. The van der Waals surface area contributed by atoms with E-state index < -0.39 is 5.82 Å². The van der Waals surface area contributed by atoms with Crippen LogP contribution in [0.5, 0.6) is 0 Å². The molecule has 1 aromatic carbocycles. The number of carbonyl (C=O) groups excluding carboxylic acids is 1. The number of hydrogen-bond acceptors (Lipinski definition) is 8. The SMILES string of the molecule is CCCN(CCNC)CCC(=O)Nc1cc(NC(/C=C(\N)c2cc(Cl)ccc2F)=C(/N)S)ccn1. The zero-order valence-corrected chi connectivity index (χ0v) is 21.6. The summed E-state index contributed by atoms with van der Waals surface area (Å²) in [4.78, 5) is 18.9. The third kappa shape index (κ3) is 9.77. The highest BCUT2D eigenvalue weighted by molar-refractivity contribution is 7.84. The molecule has 2 aromatic rings. The van der Waals surface area contributed by atoms with Gasteiger partial charge in [-0.2, -0.15) is 0 Å². The zero-order chi connectivity index (χ0) is 25.8. The van der Waals surface area contributed by atoms with Gasteiger partial charge >= 0.3 is 0 Å². The number of nitrogens with zero attached hydrogens (tertiary/aromatic N) is 2. The number of anilines is 2. The average molecular weight is 522 g/mol. The molecular weight excluding hydrogens is 489 g/mol. The van der Waals surface area contributed by atoms with E-state index in [0.717, 1.165) is 26.1 Å². The minimum Gasteiger partial charge on any atom is -0.398 e. The summed E-state index contributed by atoms with van der Waals surface area (Å²) in [7, 11) is 1.91. The summed E-state index contributed by atoms with van der Waals surface area (Å²) in [5, 5.41) is 9.50. The van der Waals surface area contributed by atoms with Crippen molar-refractivity contribution in [1.82, 2.24) is 15.2 Å². The number of nitrogens with two attached hydrogens (primary N) is 2. The van der Waals surface area contributed by atoms with Crippen molar-refractivity contribution in [2.24, 2.45) is 11.5 Å². The van der Waals surface area contributed by atoms with Crippen LogP contribution in [0.1, 0.15) is 25.3 Å². The molecule has 0 aliphatic heterocycles. The summed E-state index contributed by atoms with van der Waals surface area (Å²) in [5.41, 5.74) is 13.2. The van der Waals surface area contributed by atoms with Crippen molar-refractivity contribution in [1.29, 1.82) is 0 Å². The van der Waals surface area contributed by atoms with E-state index in [-0.39, 0.29) is 22.2 Å². The molecule has 0 saturated carbocycles. The first-order valence-corrected chi connectivity index (χ1v) is 12.1. The van der Waals surface area contributed by atoms with E-state index in [2.05, 4.69) is 45.4 Å². The fourth-order valence-corrected chi connectivity index (χ4v) is 3.54. The highest BCUT2D eigenvalue weighted by Gasteiger charge is 2.11. The van der Waals surface area contributed by atoms with Crippen LogP contribution in [0.25, 0.3) is 5.70 Å². The largest absolute Gasteiger partial charge is 0.398 e. The number of halogens is 2. The van der Waals surface area contributed by atoms with E-state index in [0.29, 0.717) is 35.2 Å². The van der Waals surface area contributed by atoms with Gasteiger partial charge in [0.05, 0.1) is 10.7 Å². The summed E-state index contributed by atoms with van der Waals surface area (Å²) in [6, 6.07) is 7.45. The number of rotatable bonds is 13. The molecule has 0 fully saturated rings. The van der Waals surface area contributed by atoms with Gasteiger partial charge in [0.2, 0.25) is 5.91 Å². The number of nitrogens with one attached hydrogen (secondary N) is 3. The second kappa shape index (κ2) is 14.6. The summed E-state index contributed by atoms with van der Waals surface area (Å²) in [6.45, 7) is 5.45. The third-order valence-corrected chi connectivity index (χ3v) is 5.47. The topological polar surface area (TPSA) is 121 Å². The number of thiol groups is 1. The second-order valence-corrected chi connectivity index (χ2v) is 8.74. The molecule has 0 saturated heterocycles. The standard InChI is InChI=1S/C24H33ClFN7OS/c1-3-10-33(12-9-29-2)11-7-23(34)32-22-14-17(6-8-30-22)31-21(24(28)35)15-20(27)18-13-16(25)4-5-19(18)26/h4-6,8,13-15,29,35H,3,7,9-12,27-28H2,1-2H3,(H2,30,31,32,34)/b20-15-,24-21-. The molecule has 8 nitrogen and oxygen atoms in total. The van der Waals surface area contributed by atoms with Gasteiger partial charge in [0, 0.05) is 60.3 Å². The quantitative estimate of drug-likeness (QED) is 0.176. The van der Waals surface area contributed by atoms with Crippen molar-refractivity contribution in [2.75, 3.05) is 43.9 Å². The lowest BCUT2D eigenvalue weighted by Crippen LogP contribution is -2.34. The van der Waals surface area contributed by atoms with E-state index >= 15 is 0 Å². The Morgan fingerprint density at radius 2 is 1.97 bits per heavy atom. The molecule has 1 amide bonds. The maximum absolute atomic E-state index is 14.2. The molecule has 7 N–H and O–H groups in total. The van der Waals surface area contributed by atoms with Gasteiger partial charge in [-0.1, -0.05) is 18.5 Å². The van der Waals surface area contributed by atoms with Crippen LogP contribution in [-0.4, -0.2) is 49.0 Å². The third-order valence-electron chi connectivity index (χ3n) is 4.99. The van der Waals surface area contributed by atoms with Crippen LogP contribution < -0.4 is 27.4 Å².